The summed E-state index contributed by atoms with van der Waals surface area (Å²) in [5, 5.41) is 3.57. The van der Waals surface area contributed by atoms with E-state index in [2.05, 4.69) is 10.3 Å². The highest BCUT2D eigenvalue weighted by Gasteiger charge is 2.39. The summed E-state index contributed by atoms with van der Waals surface area (Å²) in [5.41, 5.74) is 1.19. The van der Waals surface area contributed by atoms with Gasteiger partial charge in [-0.25, -0.2) is 4.98 Å². The number of nitrogens with one attached hydrogen (secondary N) is 1. The van der Waals surface area contributed by atoms with Crippen molar-refractivity contribution in [3.05, 3.63) is 29.8 Å². The largest absolute Gasteiger partial charge is 0.311 e. The highest BCUT2D eigenvalue weighted by molar-refractivity contribution is 5.22. The lowest BCUT2D eigenvalue weighted by molar-refractivity contribution is 0.502. The molecule has 14 heavy (non-hydrogen) atoms. The van der Waals surface area contributed by atoms with Crippen LogP contribution in [-0.4, -0.2) is 17.1 Å². The zero-order valence-electron chi connectivity index (χ0n) is 7.91. The Balaban J connectivity index is 1.86. The van der Waals surface area contributed by atoms with Crippen molar-refractivity contribution in [2.45, 2.75) is 37.3 Å². The molecular weight excluding hydrogens is 179 g/mol. The van der Waals surface area contributed by atoms with Gasteiger partial charge in [0.05, 0.1) is 0 Å². The molecule has 1 aromatic heterocycles. The van der Waals surface area contributed by atoms with Gasteiger partial charge >= 0.3 is 0 Å². The Bertz CT molecular complexity index is 336. The predicted molar refractivity (Wildman–Crippen MR) is 51.5 cm³/mol. The second-order valence-electron chi connectivity index (χ2n) is 4.30. The van der Waals surface area contributed by atoms with Crippen LogP contribution in [0.2, 0.25) is 0 Å². The number of nitrogens with zero attached hydrogens (tertiary/aromatic N) is 1. The van der Waals surface area contributed by atoms with Crippen molar-refractivity contribution >= 4 is 0 Å². The number of rotatable bonds is 1. The van der Waals surface area contributed by atoms with E-state index in [4.69, 9.17) is 0 Å². The van der Waals surface area contributed by atoms with Gasteiger partial charge in [0.1, 0.15) is 0 Å². The maximum absolute atomic E-state index is 12.6. The summed E-state index contributed by atoms with van der Waals surface area (Å²) in [4.78, 5) is 3.71. The Labute approximate surface area is 82.5 Å². The third kappa shape index (κ3) is 1.23. The minimum absolute atomic E-state index is 0.384. The first kappa shape index (κ1) is 8.36. The molecule has 1 unspecified atom stereocenters. The van der Waals surface area contributed by atoms with E-state index in [1.807, 2.05) is 6.07 Å². The number of hydrogen-bond acceptors (Lipinski definition) is 2. The monoisotopic (exact) mass is 192 g/mol. The van der Waals surface area contributed by atoms with Gasteiger partial charge in [0.2, 0.25) is 5.95 Å². The number of aromatic nitrogens is 1. The summed E-state index contributed by atoms with van der Waals surface area (Å²) in [5.74, 6) is 0.173. The van der Waals surface area contributed by atoms with Crippen LogP contribution in [0.3, 0.4) is 0 Å². The van der Waals surface area contributed by atoms with Gasteiger partial charge in [-0.05, 0) is 30.9 Å². The fourth-order valence-electron chi connectivity index (χ4n) is 2.80. The second-order valence-corrected chi connectivity index (χ2v) is 4.30. The molecule has 2 saturated heterocycles. The molecular formula is C11H13FN2. The fourth-order valence-corrected chi connectivity index (χ4v) is 2.80. The molecule has 3 atom stereocenters. The van der Waals surface area contributed by atoms with Crippen molar-refractivity contribution < 1.29 is 4.39 Å². The first-order chi connectivity index (χ1) is 6.83. The summed E-state index contributed by atoms with van der Waals surface area (Å²) in [6, 6.07) is 4.62. The average Bonchev–Trinajstić information content (AvgIpc) is 2.80. The van der Waals surface area contributed by atoms with Gasteiger partial charge in [-0.3, -0.25) is 0 Å². The molecule has 2 bridgehead atoms. The maximum atomic E-state index is 12.6. The lowest BCUT2D eigenvalue weighted by Crippen LogP contribution is -2.21. The van der Waals surface area contributed by atoms with Gasteiger partial charge in [-0.1, -0.05) is 6.07 Å². The zero-order chi connectivity index (χ0) is 9.54. The van der Waals surface area contributed by atoms with E-state index >= 15 is 0 Å². The van der Waals surface area contributed by atoms with Crippen molar-refractivity contribution in [1.82, 2.24) is 10.3 Å². The molecule has 0 radical (unpaired) electrons. The van der Waals surface area contributed by atoms with E-state index in [0.29, 0.717) is 18.0 Å². The molecule has 3 heteroatoms. The highest BCUT2D eigenvalue weighted by Crippen LogP contribution is 2.39. The van der Waals surface area contributed by atoms with Crippen molar-refractivity contribution in [1.29, 1.82) is 0 Å². The predicted octanol–water partition coefficient (Wildman–Crippen LogP) is 1.83. The van der Waals surface area contributed by atoms with E-state index in [0.717, 1.165) is 0 Å². The minimum atomic E-state index is -0.384. The van der Waals surface area contributed by atoms with Crippen LogP contribution in [0, 0.1) is 5.95 Å². The molecule has 0 amide bonds. The molecule has 2 aliphatic heterocycles. The van der Waals surface area contributed by atoms with Gasteiger partial charge < -0.3 is 5.32 Å². The van der Waals surface area contributed by atoms with Crippen LogP contribution < -0.4 is 5.32 Å². The van der Waals surface area contributed by atoms with Crippen LogP contribution in [0.25, 0.3) is 0 Å². The fraction of sp³-hybridized carbons (Fsp3) is 0.545. The number of halogens is 1. The summed E-state index contributed by atoms with van der Waals surface area (Å²) in [6.07, 6.45) is 5.43. The molecule has 1 aromatic rings. The smallest absolute Gasteiger partial charge is 0.212 e. The first-order valence-corrected chi connectivity index (χ1v) is 5.20. The highest BCUT2D eigenvalue weighted by atomic mass is 19.1. The third-order valence-electron chi connectivity index (χ3n) is 3.48. The number of pyridine rings is 1. The third-order valence-corrected chi connectivity index (χ3v) is 3.48. The Hall–Kier alpha value is -0.960. The Morgan fingerprint density at radius 3 is 2.86 bits per heavy atom. The van der Waals surface area contributed by atoms with E-state index in [1.165, 1.54) is 30.9 Å². The SMILES string of the molecule is Fc1ccc([C@H]2CC3CC[C@H]2N3)cn1. The molecule has 0 saturated carbocycles. The van der Waals surface area contributed by atoms with Gasteiger partial charge in [-0.2, -0.15) is 4.39 Å². The molecule has 2 aliphatic rings. The molecule has 3 rings (SSSR count). The van der Waals surface area contributed by atoms with Crippen molar-refractivity contribution in [2.75, 3.05) is 0 Å². The van der Waals surface area contributed by atoms with Gasteiger partial charge in [0.25, 0.3) is 0 Å². The van der Waals surface area contributed by atoms with E-state index in [9.17, 15) is 4.39 Å². The number of hydrogen-bond donors (Lipinski definition) is 1. The Morgan fingerprint density at radius 1 is 1.36 bits per heavy atom. The Kier molecular flexibility index (Phi) is 1.80. The van der Waals surface area contributed by atoms with Crippen LogP contribution in [0.15, 0.2) is 18.3 Å². The summed E-state index contributed by atoms with van der Waals surface area (Å²) >= 11 is 0. The standard InChI is InChI=1S/C11H13FN2/c12-11-4-1-7(6-13-11)9-5-8-2-3-10(9)14-8/h1,4,6,8-10,14H,2-3,5H2/t8?,9-,10-/m1/s1. The summed E-state index contributed by atoms with van der Waals surface area (Å²) in [7, 11) is 0. The zero-order valence-corrected chi connectivity index (χ0v) is 7.91. The molecule has 0 aromatic carbocycles. The van der Waals surface area contributed by atoms with Crippen molar-refractivity contribution in [3.63, 3.8) is 0 Å². The Morgan fingerprint density at radius 2 is 2.29 bits per heavy atom. The van der Waals surface area contributed by atoms with Gasteiger partial charge in [0, 0.05) is 24.2 Å². The van der Waals surface area contributed by atoms with Gasteiger partial charge in [0.15, 0.2) is 0 Å². The van der Waals surface area contributed by atoms with Crippen LogP contribution in [0.4, 0.5) is 4.39 Å². The van der Waals surface area contributed by atoms with Crippen molar-refractivity contribution in [2.24, 2.45) is 0 Å². The van der Waals surface area contributed by atoms with Crippen molar-refractivity contribution in [3.8, 4) is 0 Å². The van der Waals surface area contributed by atoms with Crippen LogP contribution >= 0.6 is 0 Å². The van der Waals surface area contributed by atoms with E-state index in [1.54, 1.807) is 6.20 Å². The molecule has 2 nitrogen and oxygen atoms in total. The average molecular weight is 192 g/mol. The lowest BCUT2D eigenvalue weighted by atomic mass is 9.85. The van der Waals surface area contributed by atoms with Crippen LogP contribution in [0.5, 0.6) is 0 Å². The summed E-state index contributed by atoms with van der Waals surface area (Å²) in [6.45, 7) is 0. The van der Waals surface area contributed by atoms with Crippen LogP contribution in [0.1, 0.15) is 30.7 Å². The minimum Gasteiger partial charge on any atom is -0.311 e. The van der Waals surface area contributed by atoms with E-state index < -0.39 is 0 Å². The molecule has 3 heterocycles. The van der Waals surface area contributed by atoms with Crippen LogP contribution in [-0.2, 0) is 0 Å². The van der Waals surface area contributed by atoms with Gasteiger partial charge in [-0.15, -0.1) is 0 Å². The van der Waals surface area contributed by atoms with E-state index in [-0.39, 0.29) is 5.95 Å². The maximum Gasteiger partial charge on any atom is 0.212 e. The molecule has 0 aliphatic carbocycles. The molecule has 0 spiro atoms. The molecule has 74 valence electrons. The molecule has 1 N–H and O–H groups in total. The second kappa shape index (κ2) is 3.02. The summed E-state index contributed by atoms with van der Waals surface area (Å²) < 4.78 is 12.6. The number of fused-ring (bicyclic) bond motifs is 2. The lowest BCUT2D eigenvalue weighted by Gasteiger charge is -2.19. The molecule has 2 fully saturated rings. The normalized spacial score (nSPS) is 35.1. The topological polar surface area (TPSA) is 24.9 Å². The first-order valence-electron chi connectivity index (χ1n) is 5.20. The quantitative estimate of drug-likeness (QED) is 0.687.